The molecule has 5 amide bonds. The van der Waals surface area contributed by atoms with Gasteiger partial charge in [-0.15, -0.1) is 0 Å². The molecular formula is C35H48N6O6. The van der Waals surface area contributed by atoms with Gasteiger partial charge in [0.25, 0.3) is 5.91 Å². The molecule has 0 unspecified atom stereocenters. The van der Waals surface area contributed by atoms with E-state index in [1.807, 2.05) is 30.3 Å². The highest BCUT2D eigenvalue weighted by Crippen LogP contribution is 2.19. The van der Waals surface area contributed by atoms with Gasteiger partial charge >= 0.3 is 0 Å². The number of likely N-dealkylation sites (tertiary alicyclic amines) is 1. The molecule has 2 heterocycles. The third kappa shape index (κ3) is 10.8. The van der Waals surface area contributed by atoms with Gasteiger partial charge in [0.05, 0.1) is 24.6 Å². The fraction of sp³-hybridized carbons (Fsp3) is 0.514. The Balaban J connectivity index is 1.59. The molecule has 3 atom stereocenters. The number of fused-ring (bicyclic) bond motifs is 1. The summed E-state index contributed by atoms with van der Waals surface area (Å²) in [5.41, 5.74) is 1.16. The van der Waals surface area contributed by atoms with E-state index in [1.165, 1.54) is 18.4 Å². The number of amides is 5. The van der Waals surface area contributed by atoms with Gasteiger partial charge < -0.3 is 35.8 Å². The number of carbonyl (C=O) groups excluding carboxylic acids is 5. The highest BCUT2D eigenvalue weighted by atomic mass is 16.5. The van der Waals surface area contributed by atoms with Crippen molar-refractivity contribution in [1.29, 1.82) is 0 Å². The number of nitrogens with zero attached hydrogens (tertiary/aromatic N) is 2. The van der Waals surface area contributed by atoms with E-state index in [4.69, 9.17) is 4.74 Å². The first kappa shape index (κ1) is 35.4. The molecule has 4 N–H and O–H groups in total. The third-order valence-electron chi connectivity index (χ3n) is 8.46. The maximum Gasteiger partial charge on any atom is 0.255 e. The summed E-state index contributed by atoms with van der Waals surface area (Å²) in [4.78, 5) is 70.6. The van der Waals surface area contributed by atoms with Crippen molar-refractivity contribution in [3.05, 3.63) is 65.7 Å². The molecule has 4 rings (SSSR count). The Kier molecular flexibility index (Phi) is 13.2. The molecule has 1 saturated heterocycles. The van der Waals surface area contributed by atoms with Crippen molar-refractivity contribution in [3.8, 4) is 5.75 Å². The lowest BCUT2D eigenvalue weighted by molar-refractivity contribution is -0.139. The van der Waals surface area contributed by atoms with E-state index in [-0.39, 0.29) is 36.8 Å². The van der Waals surface area contributed by atoms with Crippen LogP contribution in [0.15, 0.2) is 54.6 Å². The molecular weight excluding hydrogens is 600 g/mol. The topological polar surface area (TPSA) is 149 Å². The number of carbonyl (C=O) groups is 5. The molecule has 47 heavy (non-hydrogen) atoms. The molecule has 0 radical (unpaired) electrons. The molecule has 0 spiro atoms. The Labute approximate surface area is 277 Å². The number of hydrogen-bond donors (Lipinski definition) is 4. The number of piperidine rings is 1. The summed E-state index contributed by atoms with van der Waals surface area (Å²) in [5.74, 6) is -2.54. The first-order valence-corrected chi connectivity index (χ1v) is 16.5. The van der Waals surface area contributed by atoms with Crippen LogP contribution in [0.25, 0.3) is 0 Å². The van der Waals surface area contributed by atoms with Gasteiger partial charge in [-0.2, -0.15) is 0 Å². The Hall–Kier alpha value is -4.45. The minimum atomic E-state index is -1.21. The number of rotatable bonds is 7. The maximum atomic E-state index is 13.6. The standard InChI is InChI=1S/C35H48N6O6/c1-24(2)32-35(46)40(3)22-31(43)37-26(20-25-12-6-4-7-13-25)23-47-29-15-9-8-14-27(29)33(44)38-28(21-30(42)39-32)34(45)36-16-19-41-17-10-5-11-18-41/h4,6-9,12-15,24,26,28,32H,5,10-11,16-23H2,1-3H3,(H,36,45)(H,37,43)(H,38,44)(H,39,42)/t26-,28+,32+/m1/s1. The van der Waals surface area contributed by atoms with Gasteiger partial charge in [-0.25, -0.2) is 0 Å². The van der Waals surface area contributed by atoms with Crippen LogP contribution in [0.1, 0.15) is 55.5 Å². The fourth-order valence-electron chi connectivity index (χ4n) is 5.84. The monoisotopic (exact) mass is 648 g/mol. The smallest absolute Gasteiger partial charge is 0.255 e. The normalized spacial score (nSPS) is 22.3. The van der Waals surface area contributed by atoms with Crippen molar-refractivity contribution in [2.45, 2.75) is 64.1 Å². The van der Waals surface area contributed by atoms with Crippen molar-refractivity contribution in [1.82, 2.24) is 31.1 Å². The highest BCUT2D eigenvalue weighted by molar-refractivity contribution is 6.01. The van der Waals surface area contributed by atoms with Crippen LogP contribution in [0, 0.1) is 5.92 Å². The van der Waals surface area contributed by atoms with Crippen LogP contribution >= 0.6 is 0 Å². The molecule has 2 aromatic carbocycles. The zero-order valence-electron chi connectivity index (χ0n) is 27.6. The minimum Gasteiger partial charge on any atom is -0.491 e. The van der Waals surface area contributed by atoms with Crippen LogP contribution in [-0.4, -0.2) is 104 Å². The van der Waals surface area contributed by atoms with Crippen molar-refractivity contribution in [2.24, 2.45) is 5.92 Å². The van der Waals surface area contributed by atoms with Crippen LogP contribution in [0.4, 0.5) is 0 Å². The molecule has 1 fully saturated rings. The fourth-order valence-corrected chi connectivity index (χ4v) is 5.84. The first-order valence-electron chi connectivity index (χ1n) is 16.5. The van der Waals surface area contributed by atoms with E-state index in [0.717, 1.165) is 31.5 Å². The van der Waals surface area contributed by atoms with Gasteiger partial charge in [0.15, 0.2) is 0 Å². The van der Waals surface area contributed by atoms with Crippen molar-refractivity contribution in [2.75, 3.05) is 46.4 Å². The van der Waals surface area contributed by atoms with Gasteiger partial charge in [0.2, 0.25) is 23.6 Å². The van der Waals surface area contributed by atoms with E-state index in [1.54, 1.807) is 38.1 Å². The second-order valence-electron chi connectivity index (χ2n) is 12.7. The molecule has 2 aromatic rings. The average molecular weight is 649 g/mol. The van der Waals surface area contributed by atoms with Gasteiger partial charge in [0, 0.05) is 20.1 Å². The van der Waals surface area contributed by atoms with Gasteiger partial charge in [-0.3, -0.25) is 24.0 Å². The second-order valence-corrected chi connectivity index (χ2v) is 12.7. The number of para-hydroxylation sites is 1. The number of likely N-dealkylation sites (N-methyl/N-ethyl adjacent to an activating group) is 1. The lowest BCUT2D eigenvalue weighted by Gasteiger charge is -2.28. The SMILES string of the molecule is CC(C)[C@@H]1NC(=O)C[C@@H](C(=O)NCCN2CCCCC2)NC(=O)c2ccccc2OC[C@@H](Cc2ccccc2)NC(=O)CN(C)C1=O. The predicted molar refractivity (Wildman–Crippen MR) is 178 cm³/mol. The summed E-state index contributed by atoms with van der Waals surface area (Å²) in [7, 11) is 1.51. The van der Waals surface area contributed by atoms with Crippen LogP contribution in [0.5, 0.6) is 5.75 Å². The van der Waals surface area contributed by atoms with E-state index < -0.39 is 47.7 Å². The van der Waals surface area contributed by atoms with Crippen LogP contribution < -0.4 is 26.0 Å². The van der Waals surface area contributed by atoms with E-state index >= 15 is 0 Å². The first-order chi connectivity index (χ1) is 22.6. The van der Waals surface area contributed by atoms with Crippen molar-refractivity contribution < 1.29 is 28.7 Å². The Bertz CT molecular complexity index is 1380. The van der Waals surface area contributed by atoms with Crippen molar-refractivity contribution >= 4 is 29.5 Å². The predicted octanol–water partition coefficient (Wildman–Crippen LogP) is 1.50. The third-order valence-corrected chi connectivity index (χ3v) is 8.46. The van der Waals surface area contributed by atoms with Gasteiger partial charge in [-0.05, 0) is 56.0 Å². The van der Waals surface area contributed by atoms with E-state index in [2.05, 4.69) is 26.2 Å². The number of hydrogen-bond acceptors (Lipinski definition) is 7. The number of nitrogens with one attached hydrogen (secondary N) is 4. The molecule has 12 heteroatoms. The maximum absolute atomic E-state index is 13.6. The molecule has 2 aliphatic heterocycles. The van der Waals surface area contributed by atoms with Gasteiger partial charge in [-0.1, -0.05) is 62.7 Å². The number of benzene rings is 2. The molecule has 0 aliphatic carbocycles. The van der Waals surface area contributed by atoms with Crippen LogP contribution in [-0.2, 0) is 25.6 Å². The summed E-state index contributed by atoms with van der Waals surface area (Å²) in [5, 5.41) is 11.3. The molecule has 0 aromatic heterocycles. The summed E-state index contributed by atoms with van der Waals surface area (Å²) in [6, 6.07) is 13.6. The Morgan fingerprint density at radius 1 is 0.915 bits per heavy atom. The highest BCUT2D eigenvalue weighted by Gasteiger charge is 2.32. The number of ether oxygens (including phenoxy) is 1. The molecule has 0 bridgehead atoms. The lowest BCUT2D eigenvalue weighted by Crippen LogP contribution is -2.55. The largest absolute Gasteiger partial charge is 0.491 e. The summed E-state index contributed by atoms with van der Waals surface area (Å²) in [6.45, 7) is 6.37. The summed E-state index contributed by atoms with van der Waals surface area (Å²) in [6.07, 6.45) is 3.51. The molecule has 254 valence electrons. The molecule has 2 aliphatic rings. The summed E-state index contributed by atoms with van der Waals surface area (Å²) >= 11 is 0. The van der Waals surface area contributed by atoms with Gasteiger partial charge in [0.1, 0.15) is 24.4 Å². The molecule has 0 saturated carbocycles. The second kappa shape index (κ2) is 17.5. The van der Waals surface area contributed by atoms with Crippen LogP contribution in [0.2, 0.25) is 0 Å². The quantitative estimate of drug-likeness (QED) is 0.356. The van der Waals surface area contributed by atoms with E-state index in [9.17, 15) is 24.0 Å². The zero-order valence-corrected chi connectivity index (χ0v) is 27.6. The van der Waals surface area contributed by atoms with Crippen LogP contribution in [0.3, 0.4) is 0 Å². The molecule has 12 nitrogen and oxygen atoms in total. The van der Waals surface area contributed by atoms with Crippen molar-refractivity contribution in [3.63, 3.8) is 0 Å². The lowest BCUT2D eigenvalue weighted by atomic mass is 10.0. The zero-order chi connectivity index (χ0) is 33.8. The minimum absolute atomic E-state index is 0.0393. The Morgan fingerprint density at radius 3 is 2.34 bits per heavy atom. The summed E-state index contributed by atoms with van der Waals surface area (Å²) < 4.78 is 6.12. The Morgan fingerprint density at radius 2 is 1.62 bits per heavy atom. The van der Waals surface area contributed by atoms with E-state index in [0.29, 0.717) is 19.5 Å². The average Bonchev–Trinajstić information content (AvgIpc) is 3.06.